The van der Waals surface area contributed by atoms with Gasteiger partial charge in [-0.05, 0) is 29.8 Å². The Balaban J connectivity index is 1.71. The molecule has 0 amide bonds. The minimum absolute atomic E-state index is 0.727. The van der Waals surface area contributed by atoms with E-state index in [9.17, 15) is 0 Å². The molecule has 3 aromatic rings. The fourth-order valence-electron chi connectivity index (χ4n) is 2.26. The first-order valence-corrected chi connectivity index (χ1v) is 6.93. The Morgan fingerprint density at radius 3 is 2.71 bits per heavy atom. The van der Waals surface area contributed by atoms with E-state index < -0.39 is 0 Å². The number of fused-ring (bicyclic) bond motifs is 1. The molecule has 0 bridgehead atoms. The summed E-state index contributed by atoms with van der Waals surface area (Å²) in [4.78, 5) is 4.30. The molecule has 0 unspecified atom stereocenters. The number of anilines is 2. The van der Waals surface area contributed by atoms with Gasteiger partial charge in [0.05, 0.1) is 16.9 Å². The monoisotopic (exact) mass is 275 g/mol. The summed E-state index contributed by atoms with van der Waals surface area (Å²) in [6, 6.07) is 18.1. The molecule has 3 heteroatoms. The largest absolute Gasteiger partial charge is 0.397 e. The lowest BCUT2D eigenvalue weighted by atomic mass is 10.1. The van der Waals surface area contributed by atoms with Gasteiger partial charge in [-0.25, -0.2) is 0 Å². The summed E-state index contributed by atoms with van der Waals surface area (Å²) in [5.74, 6) is 0. The summed E-state index contributed by atoms with van der Waals surface area (Å²) in [5, 5.41) is 4.32. The molecule has 0 aliphatic rings. The van der Waals surface area contributed by atoms with Crippen LogP contribution in [0.1, 0.15) is 5.56 Å². The van der Waals surface area contributed by atoms with Crippen molar-refractivity contribution in [3.05, 3.63) is 72.4 Å². The van der Waals surface area contributed by atoms with Gasteiger partial charge in [0, 0.05) is 18.1 Å². The van der Waals surface area contributed by atoms with Gasteiger partial charge in [-0.2, -0.15) is 0 Å². The Hall–Kier alpha value is -2.81. The number of hydrogen-bond donors (Lipinski definition) is 2. The fourth-order valence-corrected chi connectivity index (χ4v) is 2.26. The normalized spacial score (nSPS) is 11.0. The van der Waals surface area contributed by atoms with E-state index in [1.165, 1.54) is 5.56 Å². The molecule has 0 spiro atoms. The molecule has 21 heavy (non-hydrogen) atoms. The molecule has 1 heterocycles. The third-order valence-corrected chi connectivity index (χ3v) is 3.35. The molecule has 2 aromatic carbocycles. The molecule has 0 saturated heterocycles. The van der Waals surface area contributed by atoms with Crippen molar-refractivity contribution in [1.82, 2.24) is 4.98 Å². The van der Waals surface area contributed by atoms with Crippen molar-refractivity contribution in [2.75, 3.05) is 17.6 Å². The van der Waals surface area contributed by atoms with Crippen LogP contribution in [-0.4, -0.2) is 11.5 Å². The van der Waals surface area contributed by atoms with Gasteiger partial charge in [0.2, 0.25) is 0 Å². The van der Waals surface area contributed by atoms with Gasteiger partial charge in [0.15, 0.2) is 0 Å². The predicted molar refractivity (Wildman–Crippen MR) is 90.1 cm³/mol. The van der Waals surface area contributed by atoms with Crippen LogP contribution in [0.25, 0.3) is 17.0 Å². The molecule has 0 aliphatic carbocycles. The smallest absolute Gasteiger partial charge is 0.0724 e. The number of nitrogens with two attached hydrogens (primary N) is 1. The van der Waals surface area contributed by atoms with E-state index in [2.05, 4.69) is 34.6 Å². The van der Waals surface area contributed by atoms with Crippen LogP contribution < -0.4 is 11.1 Å². The zero-order valence-corrected chi connectivity index (χ0v) is 11.7. The average Bonchev–Trinajstić information content (AvgIpc) is 2.55. The first kappa shape index (κ1) is 13.2. The molecular weight excluding hydrogens is 258 g/mol. The second-order valence-corrected chi connectivity index (χ2v) is 4.79. The van der Waals surface area contributed by atoms with Crippen molar-refractivity contribution >= 4 is 28.4 Å². The molecule has 0 aliphatic heterocycles. The molecule has 104 valence electrons. The summed E-state index contributed by atoms with van der Waals surface area (Å²) in [6.45, 7) is 0.727. The molecule has 3 nitrogen and oxygen atoms in total. The Morgan fingerprint density at radius 1 is 1.00 bits per heavy atom. The maximum absolute atomic E-state index is 6.19. The zero-order valence-electron chi connectivity index (χ0n) is 11.7. The standard InChI is InChI=1S/C18H17N3/c19-18-15-9-5-13-20-16(15)10-11-17(18)21-12-4-8-14-6-2-1-3-7-14/h1-11,13,21H,12,19H2/b8-4-. The van der Waals surface area contributed by atoms with Crippen LogP contribution >= 0.6 is 0 Å². The highest BCUT2D eigenvalue weighted by Crippen LogP contribution is 2.27. The van der Waals surface area contributed by atoms with Crippen molar-refractivity contribution in [2.45, 2.75) is 0 Å². The Kier molecular flexibility index (Phi) is 3.83. The highest BCUT2D eigenvalue weighted by molar-refractivity contribution is 5.96. The van der Waals surface area contributed by atoms with E-state index in [1.54, 1.807) is 6.20 Å². The third-order valence-electron chi connectivity index (χ3n) is 3.35. The molecule has 0 saturated carbocycles. The number of nitrogens with one attached hydrogen (secondary N) is 1. The zero-order chi connectivity index (χ0) is 14.5. The van der Waals surface area contributed by atoms with E-state index in [0.29, 0.717) is 0 Å². The Morgan fingerprint density at radius 2 is 1.86 bits per heavy atom. The lowest BCUT2D eigenvalue weighted by molar-refractivity contribution is 1.34. The molecule has 3 rings (SSSR count). The summed E-state index contributed by atoms with van der Waals surface area (Å²) in [5.41, 5.74) is 9.97. The summed E-state index contributed by atoms with van der Waals surface area (Å²) in [7, 11) is 0. The van der Waals surface area contributed by atoms with E-state index in [0.717, 1.165) is 28.8 Å². The van der Waals surface area contributed by atoms with Gasteiger partial charge in [-0.3, -0.25) is 4.98 Å². The third kappa shape index (κ3) is 3.03. The summed E-state index contributed by atoms with van der Waals surface area (Å²) in [6.07, 6.45) is 5.95. The molecule has 0 atom stereocenters. The predicted octanol–water partition coefficient (Wildman–Crippen LogP) is 3.94. The number of benzene rings is 2. The Bertz CT molecular complexity index is 764. The molecule has 3 N–H and O–H groups in total. The molecule has 1 aromatic heterocycles. The van der Waals surface area contributed by atoms with Crippen molar-refractivity contribution < 1.29 is 0 Å². The first-order chi connectivity index (χ1) is 10.3. The van der Waals surface area contributed by atoms with Crippen LogP contribution in [0, 0.1) is 0 Å². The Labute approximate surface area is 124 Å². The lowest BCUT2D eigenvalue weighted by Crippen LogP contribution is -2.02. The highest BCUT2D eigenvalue weighted by Gasteiger charge is 2.03. The van der Waals surface area contributed by atoms with Gasteiger partial charge < -0.3 is 11.1 Å². The average molecular weight is 275 g/mol. The van der Waals surface area contributed by atoms with Crippen LogP contribution in [0.2, 0.25) is 0 Å². The van der Waals surface area contributed by atoms with Crippen LogP contribution in [0.15, 0.2) is 66.9 Å². The number of nitrogens with zero attached hydrogens (tertiary/aromatic N) is 1. The van der Waals surface area contributed by atoms with Crippen LogP contribution in [0.4, 0.5) is 11.4 Å². The lowest BCUT2D eigenvalue weighted by Gasteiger charge is -2.09. The second kappa shape index (κ2) is 6.09. The molecule has 0 radical (unpaired) electrons. The minimum Gasteiger partial charge on any atom is -0.397 e. The maximum Gasteiger partial charge on any atom is 0.0724 e. The quantitative estimate of drug-likeness (QED) is 0.709. The van der Waals surface area contributed by atoms with Crippen molar-refractivity contribution in [3.8, 4) is 0 Å². The topological polar surface area (TPSA) is 50.9 Å². The minimum atomic E-state index is 0.727. The maximum atomic E-state index is 6.19. The van der Waals surface area contributed by atoms with Crippen LogP contribution in [0.5, 0.6) is 0 Å². The molecule has 0 fully saturated rings. The van der Waals surface area contributed by atoms with E-state index in [-0.39, 0.29) is 0 Å². The van der Waals surface area contributed by atoms with Gasteiger partial charge in [-0.1, -0.05) is 42.5 Å². The summed E-state index contributed by atoms with van der Waals surface area (Å²) >= 11 is 0. The van der Waals surface area contributed by atoms with Crippen molar-refractivity contribution in [1.29, 1.82) is 0 Å². The second-order valence-electron chi connectivity index (χ2n) is 4.79. The van der Waals surface area contributed by atoms with Gasteiger partial charge in [0.25, 0.3) is 0 Å². The highest BCUT2D eigenvalue weighted by atomic mass is 14.9. The van der Waals surface area contributed by atoms with E-state index in [1.807, 2.05) is 42.5 Å². The van der Waals surface area contributed by atoms with Crippen LogP contribution in [0.3, 0.4) is 0 Å². The number of pyridine rings is 1. The molecular formula is C18H17N3. The van der Waals surface area contributed by atoms with Crippen molar-refractivity contribution in [2.24, 2.45) is 0 Å². The van der Waals surface area contributed by atoms with Gasteiger partial charge >= 0.3 is 0 Å². The number of hydrogen-bond acceptors (Lipinski definition) is 3. The fraction of sp³-hybridized carbons (Fsp3) is 0.0556. The van der Waals surface area contributed by atoms with E-state index in [4.69, 9.17) is 5.73 Å². The van der Waals surface area contributed by atoms with Crippen LogP contribution in [-0.2, 0) is 0 Å². The summed E-state index contributed by atoms with van der Waals surface area (Å²) < 4.78 is 0. The number of aromatic nitrogens is 1. The first-order valence-electron chi connectivity index (χ1n) is 6.93. The number of rotatable bonds is 4. The van der Waals surface area contributed by atoms with Crippen molar-refractivity contribution in [3.63, 3.8) is 0 Å². The number of nitrogen functional groups attached to an aromatic ring is 1. The van der Waals surface area contributed by atoms with Gasteiger partial charge in [0.1, 0.15) is 0 Å². The SMILES string of the molecule is Nc1c(NC/C=C\c2ccccc2)ccc2ncccc12. The van der Waals surface area contributed by atoms with E-state index >= 15 is 0 Å². The van der Waals surface area contributed by atoms with Gasteiger partial charge in [-0.15, -0.1) is 0 Å².